The Hall–Kier alpha value is -3.28. The van der Waals surface area contributed by atoms with Crippen LogP contribution in [-0.4, -0.2) is 38.8 Å². The predicted octanol–water partition coefficient (Wildman–Crippen LogP) is 3.66. The molecular weight excluding hydrogens is 362 g/mol. The molecule has 1 amide bonds. The minimum atomic E-state index is 0.0735. The molecule has 4 rings (SSSR count). The van der Waals surface area contributed by atoms with E-state index in [1.54, 1.807) is 19.3 Å². The first-order valence-corrected chi connectivity index (χ1v) is 9.96. The number of anilines is 1. The second-order valence-electron chi connectivity index (χ2n) is 7.45. The Labute approximate surface area is 171 Å². The minimum Gasteiger partial charge on any atom is -0.369 e. The number of hydrogen-bond donors (Lipinski definition) is 1. The number of rotatable bonds is 5. The molecule has 0 unspecified atom stereocenters. The first-order chi connectivity index (χ1) is 14.1. The van der Waals surface area contributed by atoms with Crippen molar-refractivity contribution in [2.45, 2.75) is 32.7 Å². The average molecular weight is 387 g/mol. The Morgan fingerprint density at radius 3 is 2.72 bits per heavy atom. The lowest BCUT2D eigenvalue weighted by Crippen LogP contribution is -2.35. The molecule has 1 aliphatic heterocycles. The third-order valence-electron chi connectivity index (χ3n) is 5.37. The van der Waals surface area contributed by atoms with Gasteiger partial charge in [0.05, 0.1) is 12.2 Å². The largest absolute Gasteiger partial charge is 0.369 e. The van der Waals surface area contributed by atoms with Gasteiger partial charge in [0.2, 0.25) is 5.91 Å². The van der Waals surface area contributed by atoms with Gasteiger partial charge in [-0.15, -0.1) is 0 Å². The van der Waals surface area contributed by atoms with Gasteiger partial charge in [0.1, 0.15) is 5.82 Å². The molecule has 1 N–H and O–H groups in total. The van der Waals surface area contributed by atoms with Crippen molar-refractivity contribution in [3.05, 3.63) is 71.7 Å². The number of carbonyl (C=O) groups excluding carboxylic acids is 1. The zero-order chi connectivity index (χ0) is 20.2. The molecule has 29 heavy (non-hydrogen) atoms. The zero-order valence-corrected chi connectivity index (χ0v) is 16.8. The molecule has 2 aromatic heterocycles. The van der Waals surface area contributed by atoms with Crippen LogP contribution in [0.3, 0.4) is 0 Å². The summed E-state index contributed by atoms with van der Waals surface area (Å²) in [5, 5.41) is 3.55. The maximum Gasteiger partial charge on any atom is 0.219 e. The Bertz CT molecular complexity index is 991. The van der Waals surface area contributed by atoms with E-state index in [4.69, 9.17) is 9.97 Å². The highest BCUT2D eigenvalue weighted by Crippen LogP contribution is 2.28. The topological polar surface area (TPSA) is 71.0 Å². The fourth-order valence-corrected chi connectivity index (χ4v) is 3.62. The van der Waals surface area contributed by atoms with E-state index in [0.717, 1.165) is 35.6 Å². The van der Waals surface area contributed by atoms with E-state index in [1.807, 2.05) is 23.1 Å². The molecule has 0 saturated heterocycles. The number of carbonyl (C=O) groups is 1. The van der Waals surface area contributed by atoms with Crippen LogP contribution in [0.15, 0.2) is 54.9 Å². The minimum absolute atomic E-state index is 0.0735. The average Bonchev–Trinajstić information content (AvgIpc) is 2.77. The van der Waals surface area contributed by atoms with Crippen LogP contribution in [0.2, 0.25) is 0 Å². The second kappa shape index (κ2) is 8.39. The Morgan fingerprint density at radius 2 is 2.00 bits per heavy atom. The Morgan fingerprint density at radius 1 is 1.17 bits per heavy atom. The summed E-state index contributed by atoms with van der Waals surface area (Å²) in [6.45, 7) is 5.80. The van der Waals surface area contributed by atoms with Crippen LogP contribution in [0, 0.1) is 0 Å². The van der Waals surface area contributed by atoms with Crippen LogP contribution in [0.5, 0.6) is 0 Å². The zero-order valence-electron chi connectivity index (χ0n) is 16.8. The number of benzene rings is 1. The van der Waals surface area contributed by atoms with E-state index < -0.39 is 0 Å². The van der Waals surface area contributed by atoms with Crippen molar-refractivity contribution < 1.29 is 4.79 Å². The van der Waals surface area contributed by atoms with Gasteiger partial charge >= 0.3 is 0 Å². The first kappa shape index (κ1) is 19.1. The van der Waals surface area contributed by atoms with Gasteiger partial charge < -0.3 is 10.2 Å². The number of fused-ring (bicyclic) bond motifs is 1. The van der Waals surface area contributed by atoms with Crippen molar-refractivity contribution in [2.24, 2.45) is 0 Å². The van der Waals surface area contributed by atoms with Gasteiger partial charge in [0.25, 0.3) is 0 Å². The normalized spacial score (nSPS) is 14.2. The molecule has 0 radical (unpaired) electrons. The Balaban J connectivity index is 1.65. The first-order valence-electron chi connectivity index (χ1n) is 9.96. The highest BCUT2D eigenvalue weighted by Gasteiger charge is 2.24. The van der Waals surface area contributed by atoms with Crippen molar-refractivity contribution >= 4 is 11.7 Å². The molecule has 3 heterocycles. The summed E-state index contributed by atoms with van der Waals surface area (Å²) in [6.07, 6.45) is 4.26. The van der Waals surface area contributed by atoms with Gasteiger partial charge in [-0.25, -0.2) is 9.97 Å². The molecule has 148 valence electrons. The van der Waals surface area contributed by atoms with Gasteiger partial charge in [-0.2, -0.15) is 0 Å². The standard InChI is InChI=1S/C23H25N5O/c1-16(18-7-4-3-5-8-18)13-25-23-20-10-12-28(17(2)29)15-21(20)26-22(27-23)19-9-6-11-24-14-19/h3-9,11,14,16H,10,12-13,15H2,1-2H3,(H,25,26,27)/t16-/m0/s1. The van der Waals surface area contributed by atoms with Crippen molar-refractivity contribution in [1.29, 1.82) is 0 Å². The number of hydrogen-bond acceptors (Lipinski definition) is 5. The molecule has 3 aromatic rings. The second-order valence-corrected chi connectivity index (χ2v) is 7.45. The van der Waals surface area contributed by atoms with Crippen LogP contribution in [0.1, 0.15) is 36.6 Å². The molecule has 1 atom stereocenters. The van der Waals surface area contributed by atoms with Crippen LogP contribution in [0.4, 0.5) is 5.82 Å². The third kappa shape index (κ3) is 4.26. The van der Waals surface area contributed by atoms with Crippen molar-refractivity contribution in [3.8, 4) is 11.4 Å². The van der Waals surface area contributed by atoms with Gasteiger partial charge in [-0.1, -0.05) is 37.3 Å². The summed E-state index contributed by atoms with van der Waals surface area (Å²) in [5.41, 5.74) is 4.18. The molecule has 1 aromatic carbocycles. The number of nitrogens with zero attached hydrogens (tertiary/aromatic N) is 4. The molecule has 0 fully saturated rings. The summed E-state index contributed by atoms with van der Waals surface area (Å²) >= 11 is 0. The molecule has 6 nitrogen and oxygen atoms in total. The summed E-state index contributed by atoms with van der Waals surface area (Å²) < 4.78 is 0. The number of pyridine rings is 1. The van der Waals surface area contributed by atoms with Gasteiger partial charge in [-0.05, 0) is 30.0 Å². The lowest BCUT2D eigenvalue weighted by molar-refractivity contribution is -0.129. The highest BCUT2D eigenvalue weighted by molar-refractivity contribution is 5.74. The van der Waals surface area contributed by atoms with Crippen molar-refractivity contribution in [1.82, 2.24) is 19.9 Å². The van der Waals surface area contributed by atoms with E-state index in [0.29, 0.717) is 24.8 Å². The molecule has 0 saturated carbocycles. The quantitative estimate of drug-likeness (QED) is 0.723. The molecule has 1 aliphatic rings. The predicted molar refractivity (Wildman–Crippen MR) is 113 cm³/mol. The van der Waals surface area contributed by atoms with Crippen LogP contribution >= 0.6 is 0 Å². The lowest BCUT2D eigenvalue weighted by Gasteiger charge is -2.29. The highest BCUT2D eigenvalue weighted by atomic mass is 16.2. The summed E-state index contributed by atoms with van der Waals surface area (Å²) in [4.78, 5) is 27.5. The van der Waals surface area contributed by atoms with Crippen molar-refractivity contribution in [3.63, 3.8) is 0 Å². The molecule has 0 aliphatic carbocycles. The SMILES string of the molecule is CC(=O)N1CCc2c(nc(-c3cccnc3)nc2NC[C@H](C)c2ccccc2)C1. The van der Waals surface area contributed by atoms with Gasteiger partial charge in [0.15, 0.2) is 5.82 Å². The van der Waals surface area contributed by atoms with E-state index in [1.165, 1.54) is 5.56 Å². The van der Waals surface area contributed by atoms with E-state index in [2.05, 4.69) is 41.5 Å². The van der Waals surface area contributed by atoms with Crippen LogP contribution in [-0.2, 0) is 17.8 Å². The Kier molecular flexibility index (Phi) is 5.51. The monoisotopic (exact) mass is 387 g/mol. The summed E-state index contributed by atoms with van der Waals surface area (Å²) in [5.74, 6) is 1.92. The number of amides is 1. The van der Waals surface area contributed by atoms with Gasteiger partial charge in [0, 0.05) is 43.5 Å². The van der Waals surface area contributed by atoms with E-state index in [9.17, 15) is 4.79 Å². The summed E-state index contributed by atoms with van der Waals surface area (Å²) in [6, 6.07) is 14.3. The third-order valence-corrected chi connectivity index (χ3v) is 5.37. The van der Waals surface area contributed by atoms with E-state index >= 15 is 0 Å². The van der Waals surface area contributed by atoms with E-state index in [-0.39, 0.29) is 5.91 Å². The van der Waals surface area contributed by atoms with Gasteiger partial charge in [-0.3, -0.25) is 9.78 Å². The van der Waals surface area contributed by atoms with Crippen molar-refractivity contribution in [2.75, 3.05) is 18.4 Å². The molecule has 0 spiro atoms. The lowest BCUT2D eigenvalue weighted by atomic mass is 10.0. The molecule has 6 heteroatoms. The van der Waals surface area contributed by atoms with Crippen LogP contribution < -0.4 is 5.32 Å². The number of aromatic nitrogens is 3. The smallest absolute Gasteiger partial charge is 0.219 e. The maximum absolute atomic E-state index is 11.9. The van der Waals surface area contributed by atoms with Crippen LogP contribution in [0.25, 0.3) is 11.4 Å². The molecule has 0 bridgehead atoms. The molecular formula is C23H25N5O. The fourth-order valence-electron chi connectivity index (χ4n) is 3.62. The fraction of sp³-hybridized carbons (Fsp3) is 0.304. The number of nitrogens with one attached hydrogen (secondary N) is 1. The maximum atomic E-state index is 11.9. The summed E-state index contributed by atoms with van der Waals surface area (Å²) in [7, 11) is 0.